The van der Waals surface area contributed by atoms with E-state index < -0.39 is 10.0 Å². The molecule has 5 rings (SSSR count). The molecule has 6 heteroatoms. The monoisotopic (exact) mass is 465 g/mol. The van der Waals surface area contributed by atoms with Crippen LogP contribution in [-0.2, 0) is 10.0 Å². The van der Waals surface area contributed by atoms with E-state index in [9.17, 15) is 8.42 Å². The summed E-state index contributed by atoms with van der Waals surface area (Å²) in [7, 11) is -3.86. The SMILES string of the molecule is Cc1ccc(-c2nn(-c3ccccc3)c(NS(=O)(=O)c3ccccc3)c2-c2ccccc2)cc1. The Labute approximate surface area is 199 Å². The lowest BCUT2D eigenvalue weighted by Crippen LogP contribution is -2.16. The van der Waals surface area contributed by atoms with Crippen LogP contribution >= 0.6 is 0 Å². The summed E-state index contributed by atoms with van der Waals surface area (Å²) < 4.78 is 31.3. The van der Waals surface area contributed by atoms with Crippen molar-refractivity contribution >= 4 is 15.8 Å². The summed E-state index contributed by atoms with van der Waals surface area (Å²) in [4.78, 5) is 0.187. The molecular weight excluding hydrogens is 442 g/mol. The summed E-state index contributed by atoms with van der Waals surface area (Å²) in [5.41, 5.74) is 5.07. The maximum absolute atomic E-state index is 13.4. The molecule has 0 aliphatic heterocycles. The van der Waals surface area contributed by atoms with Crippen LogP contribution in [0.5, 0.6) is 0 Å². The number of aryl methyl sites for hydroxylation is 1. The molecule has 1 N–H and O–H groups in total. The van der Waals surface area contributed by atoms with E-state index in [2.05, 4.69) is 4.72 Å². The summed E-state index contributed by atoms with van der Waals surface area (Å²) in [6.45, 7) is 2.03. The van der Waals surface area contributed by atoms with Gasteiger partial charge in [0.15, 0.2) is 5.82 Å². The number of sulfonamides is 1. The standard InChI is InChI=1S/C28H23N3O2S/c1-21-17-19-23(20-18-21)27-26(22-11-5-2-6-12-22)28(31(29-27)24-13-7-3-8-14-24)30-34(32,33)25-15-9-4-10-16-25/h2-20,30H,1H3. The van der Waals surface area contributed by atoms with Crippen LogP contribution in [0.25, 0.3) is 28.1 Å². The third-order valence-corrected chi connectivity index (χ3v) is 6.91. The molecule has 0 aliphatic rings. The molecule has 0 bridgehead atoms. The fourth-order valence-electron chi connectivity index (χ4n) is 3.85. The molecule has 5 aromatic rings. The number of nitrogens with one attached hydrogen (secondary N) is 1. The van der Waals surface area contributed by atoms with Gasteiger partial charge in [0.1, 0.15) is 5.69 Å². The number of aromatic nitrogens is 2. The number of nitrogens with zero attached hydrogens (tertiary/aromatic N) is 2. The minimum atomic E-state index is -3.86. The van der Waals surface area contributed by atoms with Gasteiger partial charge in [-0.15, -0.1) is 0 Å². The van der Waals surface area contributed by atoms with Crippen molar-refractivity contribution in [2.75, 3.05) is 4.72 Å². The van der Waals surface area contributed by atoms with Crippen molar-refractivity contribution in [2.45, 2.75) is 11.8 Å². The van der Waals surface area contributed by atoms with E-state index in [1.807, 2.05) is 91.9 Å². The second kappa shape index (κ2) is 9.00. The Balaban J connectivity index is 1.79. The minimum absolute atomic E-state index is 0.187. The molecule has 0 unspecified atom stereocenters. The van der Waals surface area contributed by atoms with Gasteiger partial charge in [0.25, 0.3) is 10.0 Å². The van der Waals surface area contributed by atoms with Crippen molar-refractivity contribution in [1.29, 1.82) is 0 Å². The van der Waals surface area contributed by atoms with Gasteiger partial charge >= 0.3 is 0 Å². The summed E-state index contributed by atoms with van der Waals surface area (Å²) in [6, 6.07) is 35.7. The van der Waals surface area contributed by atoms with E-state index >= 15 is 0 Å². The Hall–Kier alpha value is -4.16. The molecule has 0 radical (unpaired) electrons. The second-order valence-corrected chi connectivity index (χ2v) is 9.65. The molecule has 0 aliphatic carbocycles. The summed E-state index contributed by atoms with van der Waals surface area (Å²) in [6.07, 6.45) is 0. The first-order valence-corrected chi connectivity index (χ1v) is 12.4. The van der Waals surface area contributed by atoms with Crippen LogP contribution in [0.4, 0.5) is 5.82 Å². The first kappa shape index (κ1) is 21.7. The number of hydrogen-bond acceptors (Lipinski definition) is 3. The maximum atomic E-state index is 13.4. The Bertz CT molecular complexity index is 1510. The molecule has 0 spiro atoms. The number of anilines is 1. The average molecular weight is 466 g/mol. The molecule has 34 heavy (non-hydrogen) atoms. The lowest BCUT2D eigenvalue weighted by atomic mass is 10.0. The van der Waals surface area contributed by atoms with Gasteiger partial charge in [-0.25, -0.2) is 13.1 Å². The van der Waals surface area contributed by atoms with Crippen LogP contribution in [0.15, 0.2) is 120 Å². The first-order valence-electron chi connectivity index (χ1n) is 10.9. The molecule has 5 nitrogen and oxygen atoms in total. The Morgan fingerprint density at radius 1 is 0.676 bits per heavy atom. The van der Waals surface area contributed by atoms with E-state index in [4.69, 9.17) is 5.10 Å². The normalized spacial score (nSPS) is 11.3. The van der Waals surface area contributed by atoms with Crippen molar-refractivity contribution in [3.05, 3.63) is 121 Å². The third kappa shape index (κ3) is 4.23. The Kier molecular flexibility index (Phi) is 5.74. The molecule has 1 heterocycles. The minimum Gasteiger partial charge on any atom is -0.263 e. The molecule has 0 amide bonds. The Morgan fingerprint density at radius 2 is 1.24 bits per heavy atom. The second-order valence-electron chi connectivity index (χ2n) is 7.97. The molecule has 1 aromatic heterocycles. The predicted octanol–water partition coefficient (Wildman–Crippen LogP) is 6.32. The van der Waals surface area contributed by atoms with Crippen LogP contribution in [-0.4, -0.2) is 18.2 Å². The summed E-state index contributed by atoms with van der Waals surface area (Å²) >= 11 is 0. The predicted molar refractivity (Wildman–Crippen MR) is 136 cm³/mol. The van der Waals surface area contributed by atoms with Crippen molar-refractivity contribution in [3.8, 4) is 28.1 Å². The van der Waals surface area contributed by atoms with E-state index in [0.29, 0.717) is 17.1 Å². The van der Waals surface area contributed by atoms with Crippen LogP contribution in [0.3, 0.4) is 0 Å². The van der Waals surface area contributed by atoms with E-state index in [-0.39, 0.29) is 4.90 Å². The van der Waals surface area contributed by atoms with Crippen LogP contribution in [0, 0.1) is 6.92 Å². The van der Waals surface area contributed by atoms with Gasteiger partial charge in [0.2, 0.25) is 0 Å². The highest BCUT2D eigenvalue weighted by atomic mass is 32.2. The van der Waals surface area contributed by atoms with Gasteiger partial charge in [-0.3, -0.25) is 4.72 Å². The van der Waals surface area contributed by atoms with Gasteiger partial charge in [0.05, 0.1) is 16.1 Å². The molecule has 0 saturated heterocycles. The highest BCUT2D eigenvalue weighted by Gasteiger charge is 2.26. The quantitative estimate of drug-likeness (QED) is 0.319. The van der Waals surface area contributed by atoms with Crippen molar-refractivity contribution in [2.24, 2.45) is 0 Å². The van der Waals surface area contributed by atoms with Crippen LogP contribution in [0.1, 0.15) is 5.56 Å². The van der Waals surface area contributed by atoms with Gasteiger partial charge < -0.3 is 0 Å². The van der Waals surface area contributed by atoms with E-state index in [1.54, 1.807) is 35.0 Å². The number of benzene rings is 4. The Morgan fingerprint density at radius 3 is 1.85 bits per heavy atom. The summed E-state index contributed by atoms with van der Waals surface area (Å²) in [5, 5.41) is 4.92. The highest BCUT2D eigenvalue weighted by molar-refractivity contribution is 7.92. The fraction of sp³-hybridized carbons (Fsp3) is 0.0357. The molecule has 0 fully saturated rings. The number of hydrogen-bond donors (Lipinski definition) is 1. The topological polar surface area (TPSA) is 64.0 Å². The zero-order valence-corrected chi connectivity index (χ0v) is 19.4. The zero-order chi connectivity index (χ0) is 23.5. The summed E-state index contributed by atoms with van der Waals surface area (Å²) in [5.74, 6) is 0.386. The molecule has 0 atom stereocenters. The number of rotatable bonds is 6. The van der Waals surface area contributed by atoms with Crippen molar-refractivity contribution < 1.29 is 8.42 Å². The van der Waals surface area contributed by atoms with Gasteiger partial charge in [-0.1, -0.05) is 96.6 Å². The molecule has 4 aromatic carbocycles. The zero-order valence-electron chi connectivity index (χ0n) is 18.6. The third-order valence-electron chi connectivity index (χ3n) is 5.56. The van der Waals surface area contributed by atoms with Crippen LogP contribution in [0.2, 0.25) is 0 Å². The lowest BCUT2D eigenvalue weighted by molar-refractivity contribution is 0.600. The highest BCUT2D eigenvalue weighted by Crippen LogP contribution is 2.40. The van der Waals surface area contributed by atoms with E-state index in [0.717, 1.165) is 22.4 Å². The average Bonchev–Trinajstić information content (AvgIpc) is 3.24. The van der Waals surface area contributed by atoms with E-state index in [1.165, 1.54) is 0 Å². The molecular formula is C28H23N3O2S. The number of para-hydroxylation sites is 1. The van der Waals surface area contributed by atoms with Crippen LogP contribution < -0.4 is 4.72 Å². The lowest BCUT2D eigenvalue weighted by Gasteiger charge is -2.13. The first-order chi connectivity index (χ1) is 16.5. The van der Waals surface area contributed by atoms with Gasteiger partial charge in [-0.2, -0.15) is 5.10 Å². The molecule has 0 saturated carbocycles. The smallest absolute Gasteiger partial charge is 0.263 e. The fourth-order valence-corrected chi connectivity index (χ4v) is 4.92. The van der Waals surface area contributed by atoms with Crippen molar-refractivity contribution in [3.63, 3.8) is 0 Å². The van der Waals surface area contributed by atoms with Crippen molar-refractivity contribution in [1.82, 2.24) is 9.78 Å². The largest absolute Gasteiger partial charge is 0.263 e. The maximum Gasteiger partial charge on any atom is 0.263 e. The van der Waals surface area contributed by atoms with Gasteiger partial charge in [-0.05, 0) is 36.8 Å². The molecule has 168 valence electrons. The van der Waals surface area contributed by atoms with Gasteiger partial charge in [0, 0.05) is 5.56 Å².